The molecule has 0 aliphatic carbocycles. The number of carbonyl (C=O) groups excluding carboxylic acids is 1. The largest absolute Gasteiger partial charge is 0.326 e. The fourth-order valence-electron chi connectivity index (χ4n) is 2.22. The summed E-state index contributed by atoms with van der Waals surface area (Å²) in [6.45, 7) is 0.783. The van der Waals surface area contributed by atoms with Crippen molar-refractivity contribution in [1.82, 2.24) is 4.31 Å². The summed E-state index contributed by atoms with van der Waals surface area (Å²) < 4.78 is 24.4. The second-order valence-corrected chi connectivity index (χ2v) is 6.80. The Kier molecular flexibility index (Phi) is 4.21. The lowest BCUT2D eigenvalue weighted by Gasteiger charge is -2.30. The van der Waals surface area contributed by atoms with Crippen LogP contribution in [0, 0.1) is 5.92 Å². The molecule has 0 radical (unpaired) electrons. The fourth-order valence-corrected chi connectivity index (χ4v) is 3.13. The van der Waals surface area contributed by atoms with Crippen molar-refractivity contribution in [2.45, 2.75) is 12.8 Å². The van der Waals surface area contributed by atoms with Gasteiger partial charge in [-0.1, -0.05) is 18.2 Å². The average Bonchev–Trinajstić information content (AvgIpc) is 2.39. The SMILES string of the molecule is CS(=O)(=O)N1CCC[C@H](C(=O)Nc2ccccc2)C1. The number of amides is 1. The first-order chi connectivity index (χ1) is 8.97. The Morgan fingerprint density at radius 1 is 1.32 bits per heavy atom. The number of nitrogens with one attached hydrogen (secondary N) is 1. The number of anilines is 1. The minimum atomic E-state index is -3.21. The summed E-state index contributed by atoms with van der Waals surface area (Å²) in [6, 6.07) is 9.20. The van der Waals surface area contributed by atoms with E-state index in [9.17, 15) is 13.2 Å². The summed E-state index contributed by atoms with van der Waals surface area (Å²) >= 11 is 0. The van der Waals surface area contributed by atoms with Crippen molar-refractivity contribution in [3.05, 3.63) is 30.3 Å². The fraction of sp³-hybridized carbons (Fsp3) is 0.462. The number of benzene rings is 1. The molecule has 1 fully saturated rings. The zero-order valence-corrected chi connectivity index (χ0v) is 11.7. The van der Waals surface area contributed by atoms with Gasteiger partial charge in [0.05, 0.1) is 12.2 Å². The smallest absolute Gasteiger partial charge is 0.228 e. The first kappa shape index (κ1) is 14.0. The number of piperidine rings is 1. The zero-order chi connectivity index (χ0) is 13.9. The molecule has 1 amide bonds. The van der Waals surface area contributed by atoms with E-state index >= 15 is 0 Å². The maximum atomic E-state index is 12.1. The Labute approximate surface area is 113 Å². The van der Waals surface area contributed by atoms with Gasteiger partial charge in [0.2, 0.25) is 15.9 Å². The van der Waals surface area contributed by atoms with Crippen molar-refractivity contribution < 1.29 is 13.2 Å². The summed E-state index contributed by atoms with van der Waals surface area (Å²) in [5.41, 5.74) is 0.740. The van der Waals surface area contributed by atoms with Gasteiger partial charge in [-0.25, -0.2) is 12.7 Å². The maximum Gasteiger partial charge on any atom is 0.228 e. The van der Waals surface area contributed by atoms with Gasteiger partial charge in [-0.05, 0) is 25.0 Å². The van der Waals surface area contributed by atoms with Gasteiger partial charge in [-0.3, -0.25) is 4.79 Å². The van der Waals surface area contributed by atoms with Crippen LogP contribution in [0.3, 0.4) is 0 Å². The van der Waals surface area contributed by atoms with Crippen LogP contribution in [0.2, 0.25) is 0 Å². The summed E-state index contributed by atoms with van der Waals surface area (Å²) in [7, 11) is -3.21. The molecule has 1 atom stereocenters. The van der Waals surface area contributed by atoms with Crippen molar-refractivity contribution in [3.63, 3.8) is 0 Å². The van der Waals surface area contributed by atoms with Gasteiger partial charge in [0.25, 0.3) is 0 Å². The molecule has 0 saturated carbocycles. The first-order valence-electron chi connectivity index (χ1n) is 6.28. The van der Waals surface area contributed by atoms with E-state index in [-0.39, 0.29) is 18.4 Å². The monoisotopic (exact) mass is 282 g/mol. The molecule has 2 rings (SSSR count). The van der Waals surface area contributed by atoms with Crippen LogP contribution in [0.5, 0.6) is 0 Å². The minimum Gasteiger partial charge on any atom is -0.326 e. The molecular formula is C13H18N2O3S. The summed E-state index contributed by atoms with van der Waals surface area (Å²) in [5, 5.41) is 2.82. The van der Waals surface area contributed by atoms with Gasteiger partial charge < -0.3 is 5.32 Å². The average molecular weight is 282 g/mol. The summed E-state index contributed by atoms with van der Waals surface area (Å²) in [5.74, 6) is -0.386. The van der Waals surface area contributed by atoms with Crippen molar-refractivity contribution in [1.29, 1.82) is 0 Å². The van der Waals surface area contributed by atoms with Gasteiger partial charge >= 0.3 is 0 Å². The molecular weight excluding hydrogens is 264 g/mol. The normalized spacial score (nSPS) is 21.0. The molecule has 1 N–H and O–H groups in total. The highest BCUT2D eigenvalue weighted by Crippen LogP contribution is 2.20. The van der Waals surface area contributed by atoms with E-state index in [1.165, 1.54) is 10.6 Å². The Morgan fingerprint density at radius 2 is 2.00 bits per heavy atom. The number of rotatable bonds is 3. The van der Waals surface area contributed by atoms with Crippen molar-refractivity contribution in [2.75, 3.05) is 24.7 Å². The zero-order valence-electron chi connectivity index (χ0n) is 10.9. The van der Waals surface area contributed by atoms with Gasteiger partial charge in [-0.2, -0.15) is 0 Å². The summed E-state index contributed by atoms with van der Waals surface area (Å²) in [6.07, 6.45) is 2.63. The molecule has 1 aliphatic heterocycles. The number of sulfonamides is 1. The van der Waals surface area contributed by atoms with E-state index in [4.69, 9.17) is 0 Å². The van der Waals surface area contributed by atoms with E-state index in [1.807, 2.05) is 30.3 Å². The predicted molar refractivity (Wildman–Crippen MR) is 74.2 cm³/mol. The Balaban J connectivity index is 2.00. The molecule has 1 aromatic carbocycles. The molecule has 104 valence electrons. The Hall–Kier alpha value is -1.40. The highest BCUT2D eigenvalue weighted by Gasteiger charge is 2.30. The Morgan fingerprint density at radius 3 is 2.63 bits per heavy atom. The van der Waals surface area contributed by atoms with E-state index in [2.05, 4.69) is 5.32 Å². The number of hydrogen-bond donors (Lipinski definition) is 1. The van der Waals surface area contributed by atoms with E-state index in [1.54, 1.807) is 0 Å². The molecule has 0 bridgehead atoms. The number of nitrogens with zero attached hydrogens (tertiary/aromatic N) is 1. The molecule has 0 spiro atoms. The standard InChI is InChI=1S/C13H18N2O3S/c1-19(17,18)15-9-5-6-11(10-15)13(16)14-12-7-3-2-4-8-12/h2-4,7-8,11H,5-6,9-10H2,1H3,(H,14,16)/t11-/m0/s1. The lowest BCUT2D eigenvalue weighted by molar-refractivity contribution is -0.120. The molecule has 1 aliphatic rings. The predicted octanol–water partition coefficient (Wildman–Crippen LogP) is 1.30. The van der Waals surface area contributed by atoms with Crippen LogP contribution < -0.4 is 5.32 Å². The topological polar surface area (TPSA) is 66.5 Å². The number of para-hydroxylation sites is 1. The molecule has 6 heteroatoms. The lowest BCUT2D eigenvalue weighted by atomic mass is 9.99. The quantitative estimate of drug-likeness (QED) is 0.908. The van der Waals surface area contributed by atoms with Crippen LogP contribution in [0.1, 0.15) is 12.8 Å². The molecule has 1 aromatic rings. The second kappa shape index (κ2) is 5.71. The van der Waals surface area contributed by atoms with Crippen molar-refractivity contribution >= 4 is 21.6 Å². The highest BCUT2D eigenvalue weighted by atomic mass is 32.2. The lowest BCUT2D eigenvalue weighted by Crippen LogP contribution is -2.43. The van der Waals surface area contributed by atoms with E-state index in [0.29, 0.717) is 6.54 Å². The van der Waals surface area contributed by atoms with Crippen LogP contribution in [-0.4, -0.2) is 38.0 Å². The van der Waals surface area contributed by atoms with Crippen LogP contribution in [0.4, 0.5) is 5.69 Å². The van der Waals surface area contributed by atoms with Crippen LogP contribution in [0.25, 0.3) is 0 Å². The third kappa shape index (κ3) is 3.78. The third-order valence-electron chi connectivity index (χ3n) is 3.27. The molecule has 1 heterocycles. The molecule has 0 unspecified atom stereocenters. The highest BCUT2D eigenvalue weighted by molar-refractivity contribution is 7.88. The number of hydrogen-bond acceptors (Lipinski definition) is 3. The van der Waals surface area contributed by atoms with Crippen LogP contribution >= 0.6 is 0 Å². The van der Waals surface area contributed by atoms with Crippen molar-refractivity contribution in [2.24, 2.45) is 5.92 Å². The van der Waals surface area contributed by atoms with Crippen LogP contribution in [0.15, 0.2) is 30.3 Å². The summed E-state index contributed by atoms with van der Waals surface area (Å²) in [4.78, 5) is 12.1. The molecule has 5 nitrogen and oxygen atoms in total. The van der Waals surface area contributed by atoms with Gasteiger partial charge in [-0.15, -0.1) is 0 Å². The van der Waals surface area contributed by atoms with Gasteiger partial charge in [0, 0.05) is 18.8 Å². The Bertz CT molecular complexity index is 542. The second-order valence-electron chi connectivity index (χ2n) is 4.82. The maximum absolute atomic E-state index is 12.1. The molecule has 1 saturated heterocycles. The molecule has 19 heavy (non-hydrogen) atoms. The van der Waals surface area contributed by atoms with E-state index < -0.39 is 10.0 Å². The van der Waals surface area contributed by atoms with E-state index in [0.717, 1.165) is 18.5 Å². The van der Waals surface area contributed by atoms with Gasteiger partial charge in [0.15, 0.2) is 0 Å². The van der Waals surface area contributed by atoms with Gasteiger partial charge in [0.1, 0.15) is 0 Å². The number of carbonyl (C=O) groups is 1. The minimum absolute atomic E-state index is 0.112. The van der Waals surface area contributed by atoms with Crippen LogP contribution in [-0.2, 0) is 14.8 Å². The molecule has 0 aromatic heterocycles. The van der Waals surface area contributed by atoms with Crippen molar-refractivity contribution in [3.8, 4) is 0 Å². The third-order valence-corrected chi connectivity index (χ3v) is 4.53. The first-order valence-corrected chi connectivity index (χ1v) is 8.12.